The third kappa shape index (κ3) is 1.16. The summed E-state index contributed by atoms with van der Waals surface area (Å²) in [5.41, 5.74) is 2.49. The maximum absolute atomic E-state index is 5.04. The van der Waals surface area contributed by atoms with Gasteiger partial charge in [-0.25, -0.2) is 5.43 Å². The van der Waals surface area contributed by atoms with Gasteiger partial charge < -0.3 is 4.74 Å². The van der Waals surface area contributed by atoms with E-state index in [4.69, 9.17) is 10.6 Å². The third-order valence-electron chi connectivity index (χ3n) is 1.06. The highest BCUT2D eigenvalue weighted by molar-refractivity contribution is 4.76. The van der Waals surface area contributed by atoms with Crippen LogP contribution >= 0.6 is 0 Å². The van der Waals surface area contributed by atoms with E-state index in [2.05, 4.69) is 10.7 Å². The molecule has 0 aromatic carbocycles. The van der Waals surface area contributed by atoms with Crippen molar-refractivity contribution in [2.45, 2.75) is 19.4 Å². The average Bonchev–Trinajstić information content (AvgIpc) is 2.48. The monoisotopic (exact) mass is 117 g/mol. The van der Waals surface area contributed by atoms with Gasteiger partial charge in [-0.1, -0.05) is 6.92 Å². The summed E-state index contributed by atoms with van der Waals surface area (Å²) in [5.74, 6) is 5.04. The minimum atomic E-state index is 0.0370. The van der Waals surface area contributed by atoms with Gasteiger partial charge in [0.15, 0.2) is 12.5 Å². The molecule has 0 saturated carbocycles. The molecule has 1 saturated heterocycles. The minimum absolute atomic E-state index is 0.0370. The smallest absolute Gasteiger partial charge is 0.162 e. The Morgan fingerprint density at radius 1 is 1.62 bits per heavy atom. The van der Waals surface area contributed by atoms with Gasteiger partial charge in [-0.2, -0.15) is 0 Å². The Morgan fingerprint density at radius 3 is 2.75 bits per heavy atom. The second-order valence-corrected chi connectivity index (χ2v) is 1.70. The second kappa shape index (κ2) is 2.41. The first-order chi connectivity index (χ1) is 3.88. The first-order valence-corrected chi connectivity index (χ1v) is 2.73. The van der Waals surface area contributed by atoms with Crippen molar-refractivity contribution in [2.24, 2.45) is 5.84 Å². The maximum atomic E-state index is 5.04. The summed E-state index contributed by atoms with van der Waals surface area (Å²) >= 11 is 0. The molecule has 1 fully saturated rings. The molecule has 1 aliphatic rings. The van der Waals surface area contributed by atoms with E-state index in [1.807, 2.05) is 6.92 Å². The molecular weight excluding hydrogens is 106 g/mol. The number of hydrazine groups is 1. The van der Waals surface area contributed by atoms with Crippen LogP contribution < -0.4 is 16.6 Å². The van der Waals surface area contributed by atoms with Crippen molar-refractivity contribution in [3.05, 3.63) is 0 Å². The van der Waals surface area contributed by atoms with Crippen LogP contribution in [0.5, 0.6) is 0 Å². The number of nitrogens with two attached hydrogens (primary N) is 1. The molecule has 8 heavy (non-hydrogen) atoms. The molecule has 4 heteroatoms. The zero-order chi connectivity index (χ0) is 5.98. The standard InChI is InChI=1S/C4H11N3O/c1-2-6-3-4(7-5)8-3/h3-4,6-7H,2,5H2,1H3. The summed E-state index contributed by atoms with van der Waals surface area (Å²) in [5, 5.41) is 3.06. The first kappa shape index (κ1) is 5.97. The predicted molar refractivity (Wildman–Crippen MR) is 29.7 cm³/mol. The highest BCUT2D eigenvalue weighted by Crippen LogP contribution is 2.13. The molecule has 1 heterocycles. The Labute approximate surface area is 48.4 Å². The van der Waals surface area contributed by atoms with Crippen LogP contribution in [0.1, 0.15) is 6.92 Å². The van der Waals surface area contributed by atoms with Crippen molar-refractivity contribution in [1.82, 2.24) is 10.7 Å². The van der Waals surface area contributed by atoms with Crippen LogP contribution in [0.4, 0.5) is 0 Å². The van der Waals surface area contributed by atoms with Crippen LogP contribution in [0.2, 0.25) is 0 Å². The molecular formula is C4H11N3O. The Kier molecular flexibility index (Phi) is 1.80. The van der Waals surface area contributed by atoms with Gasteiger partial charge in [0.1, 0.15) is 0 Å². The number of hydrogen-bond donors (Lipinski definition) is 3. The van der Waals surface area contributed by atoms with Gasteiger partial charge in [0, 0.05) is 0 Å². The van der Waals surface area contributed by atoms with E-state index in [1.165, 1.54) is 0 Å². The highest BCUT2D eigenvalue weighted by Gasteiger charge is 2.36. The number of nitrogens with one attached hydrogen (secondary N) is 2. The molecule has 1 rings (SSSR count). The lowest BCUT2D eigenvalue weighted by Crippen LogP contribution is -2.31. The van der Waals surface area contributed by atoms with Gasteiger partial charge in [-0.15, -0.1) is 0 Å². The van der Waals surface area contributed by atoms with Crippen molar-refractivity contribution in [3.8, 4) is 0 Å². The Bertz CT molecular complexity index is 77.7. The van der Waals surface area contributed by atoms with E-state index >= 15 is 0 Å². The largest absolute Gasteiger partial charge is 0.336 e. The summed E-state index contributed by atoms with van der Waals surface area (Å²) in [7, 11) is 0. The Morgan fingerprint density at radius 2 is 2.38 bits per heavy atom. The van der Waals surface area contributed by atoms with E-state index < -0.39 is 0 Å². The molecule has 0 aromatic rings. The lowest BCUT2D eigenvalue weighted by Gasteiger charge is -1.90. The molecule has 48 valence electrons. The normalized spacial score (nSPS) is 35.2. The van der Waals surface area contributed by atoms with Crippen LogP contribution in [0.15, 0.2) is 0 Å². The zero-order valence-electron chi connectivity index (χ0n) is 4.85. The van der Waals surface area contributed by atoms with Gasteiger partial charge in [-0.05, 0) is 6.54 Å². The maximum Gasteiger partial charge on any atom is 0.162 e. The summed E-state index contributed by atoms with van der Waals surface area (Å²) < 4.78 is 4.96. The SMILES string of the molecule is CCNC1OC1NN. The van der Waals surface area contributed by atoms with Crippen molar-refractivity contribution in [3.63, 3.8) is 0 Å². The van der Waals surface area contributed by atoms with E-state index in [9.17, 15) is 0 Å². The quantitative estimate of drug-likeness (QED) is 0.245. The van der Waals surface area contributed by atoms with E-state index in [1.54, 1.807) is 0 Å². The first-order valence-electron chi connectivity index (χ1n) is 2.73. The van der Waals surface area contributed by atoms with E-state index in [0.29, 0.717) is 0 Å². The van der Waals surface area contributed by atoms with Crippen molar-refractivity contribution in [2.75, 3.05) is 6.54 Å². The Balaban J connectivity index is 1.99. The predicted octanol–water partition coefficient (Wildman–Crippen LogP) is -1.26. The molecule has 1 aliphatic heterocycles. The number of epoxide rings is 1. The summed E-state index contributed by atoms with van der Waals surface area (Å²) in [4.78, 5) is 0. The van der Waals surface area contributed by atoms with Crippen LogP contribution in [-0.2, 0) is 4.74 Å². The fourth-order valence-electron chi connectivity index (χ4n) is 0.596. The molecule has 0 aromatic heterocycles. The van der Waals surface area contributed by atoms with Crippen molar-refractivity contribution < 1.29 is 4.74 Å². The minimum Gasteiger partial charge on any atom is -0.336 e. The van der Waals surface area contributed by atoms with Crippen molar-refractivity contribution in [1.29, 1.82) is 0 Å². The van der Waals surface area contributed by atoms with Gasteiger partial charge in [0.25, 0.3) is 0 Å². The molecule has 0 aliphatic carbocycles. The molecule has 0 spiro atoms. The Hall–Kier alpha value is -0.160. The molecule has 4 nitrogen and oxygen atoms in total. The fourth-order valence-corrected chi connectivity index (χ4v) is 0.596. The second-order valence-electron chi connectivity index (χ2n) is 1.70. The fraction of sp³-hybridized carbons (Fsp3) is 1.00. The highest BCUT2D eigenvalue weighted by atomic mass is 16.6. The summed E-state index contributed by atoms with van der Waals surface area (Å²) in [6.07, 6.45) is 0.181. The zero-order valence-corrected chi connectivity index (χ0v) is 4.85. The van der Waals surface area contributed by atoms with E-state index in [0.717, 1.165) is 6.54 Å². The van der Waals surface area contributed by atoms with Gasteiger partial charge >= 0.3 is 0 Å². The third-order valence-corrected chi connectivity index (χ3v) is 1.06. The summed E-state index contributed by atoms with van der Waals surface area (Å²) in [6, 6.07) is 0. The molecule has 4 N–H and O–H groups in total. The lowest BCUT2D eigenvalue weighted by atomic mass is 10.6. The topological polar surface area (TPSA) is 62.6 Å². The van der Waals surface area contributed by atoms with Gasteiger partial charge in [0.2, 0.25) is 0 Å². The van der Waals surface area contributed by atoms with Crippen molar-refractivity contribution >= 4 is 0 Å². The van der Waals surface area contributed by atoms with Gasteiger partial charge in [-0.3, -0.25) is 11.2 Å². The van der Waals surface area contributed by atoms with Crippen LogP contribution in [0.25, 0.3) is 0 Å². The summed E-state index contributed by atoms with van der Waals surface area (Å²) in [6.45, 7) is 2.94. The van der Waals surface area contributed by atoms with Crippen LogP contribution in [0.3, 0.4) is 0 Å². The molecule has 0 radical (unpaired) electrons. The van der Waals surface area contributed by atoms with Gasteiger partial charge in [0.05, 0.1) is 0 Å². The number of ether oxygens (including phenoxy) is 1. The molecule has 0 amide bonds. The van der Waals surface area contributed by atoms with Crippen LogP contribution in [0, 0.1) is 0 Å². The average molecular weight is 117 g/mol. The number of likely N-dealkylation sites (N-methyl/N-ethyl adjacent to an activating group) is 1. The lowest BCUT2D eigenvalue weighted by molar-refractivity contribution is 0.330. The number of hydrogen-bond acceptors (Lipinski definition) is 4. The van der Waals surface area contributed by atoms with E-state index in [-0.39, 0.29) is 12.5 Å². The molecule has 2 atom stereocenters. The molecule has 2 unspecified atom stereocenters. The van der Waals surface area contributed by atoms with Crippen LogP contribution in [-0.4, -0.2) is 19.0 Å². The molecule has 0 bridgehead atoms. The number of rotatable bonds is 3.